The highest BCUT2D eigenvalue weighted by molar-refractivity contribution is 9.10. The number of carbonyl (C=O) groups is 1. The number of carbonyl (C=O) groups excluding carboxylic acids is 1. The average Bonchev–Trinajstić information content (AvgIpc) is 2.35. The first-order valence-electron chi connectivity index (χ1n) is 5.13. The van der Waals surface area contributed by atoms with Gasteiger partial charge in [-0.15, -0.1) is 0 Å². The summed E-state index contributed by atoms with van der Waals surface area (Å²) in [4.78, 5) is 25.1. The van der Waals surface area contributed by atoms with Gasteiger partial charge in [0.15, 0.2) is 6.61 Å². The molecule has 0 aliphatic heterocycles. The van der Waals surface area contributed by atoms with Crippen molar-refractivity contribution in [2.24, 2.45) is 5.73 Å². The van der Waals surface area contributed by atoms with Crippen LogP contribution in [-0.2, 0) is 4.79 Å². The van der Waals surface area contributed by atoms with E-state index < -0.39 is 17.4 Å². The third-order valence-corrected chi connectivity index (χ3v) is 2.81. The Balaban J connectivity index is 2.64. The molecule has 0 unspecified atom stereocenters. The highest BCUT2D eigenvalue weighted by Gasteiger charge is 2.20. The molecule has 98 valence electrons. The fourth-order valence-electron chi connectivity index (χ4n) is 1.56. The molecular formula is C11H8BrN3O4. The van der Waals surface area contributed by atoms with Crippen LogP contribution in [0, 0.1) is 10.1 Å². The minimum atomic E-state index is -0.714. The van der Waals surface area contributed by atoms with Crippen LogP contribution in [0.25, 0.3) is 10.9 Å². The van der Waals surface area contributed by atoms with Gasteiger partial charge in [0.25, 0.3) is 5.91 Å². The highest BCUT2D eigenvalue weighted by Crippen LogP contribution is 2.35. The Bertz CT molecular complexity index is 674. The second kappa shape index (κ2) is 5.19. The third-order valence-electron chi connectivity index (χ3n) is 2.32. The molecule has 0 saturated carbocycles. The Morgan fingerprint density at radius 2 is 2.26 bits per heavy atom. The summed E-state index contributed by atoms with van der Waals surface area (Å²) in [6.07, 6.45) is 1.09. The zero-order valence-electron chi connectivity index (χ0n) is 9.50. The Kier molecular flexibility index (Phi) is 3.61. The maximum atomic E-state index is 11.0. The zero-order chi connectivity index (χ0) is 14.0. The number of benzene rings is 1. The summed E-state index contributed by atoms with van der Waals surface area (Å²) in [5.74, 6) is -0.732. The number of hydrogen-bond acceptors (Lipinski definition) is 5. The van der Waals surface area contributed by atoms with Crippen molar-refractivity contribution in [1.29, 1.82) is 0 Å². The number of nitro groups is 1. The molecule has 0 atom stereocenters. The van der Waals surface area contributed by atoms with Crippen LogP contribution in [0.2, 0.25) is 0 Å². The number of nitrogens with zero attached hydrogens (tertiary/aromatic N) is 2. The number of aromatic nitrogens is 1. The minimum Gasteiger partial charge on any atom is -0.476 e. The summed E-state index contributed by atoms with van der Waals surface area (Å²) in [6.45, 7) is -0.438. The summed E-state index contributed by atoms with van der Waals surface area (Å²) in [6, 6.07) is 5.06. The van der Waals surface area contributed by atoms with Crippen molar-refractivity contribution in [3.63, 3.8) is 0 Å². The van der Waals surface area contributed by atoms with E-state index in [1.54, 1.807) is 18.2 Å². The lowest BCUT2D eigenvalue weighted by molar-refractivity contribution is -0.386. The summed E-state index contributed by atoms with van der Waals surface area (Å²) in [7, 11) is 0. The topological polar surface area (TPSA) is 108 Å². The molecule has 7 nitrogen and oxygen atoms in total. The largest absolute Gasteiger partial charge is 0.476 e. The molecule has 0 radical (unpaired) electrons. The third kappa shape index (κ3) is 2.79. The van der Waals surface area contributed by atoms with E-state index in [-0.39, 0.29) is 11.4 Å². The first kappa shape index (κ1) is 13.2. The number of amides is 1. The lowest BCUT2D eigenvalue weighted by Gasteiger charge is -2.08. The van der Waals surface area contributed by atoms with E-state index in [0.29, 0.717) is 15.4 Å². The summed E-state index contributed by atoms with van der Waals surface area (Å²) >= 11 is 3.26. The second-order valence-corrected chi connectivity index (χ2v) is 4.56. The molecule has 0 aliphatic carbocycles. The van der Waals surface area contributed by atoms with Gasteiger partial charge >= 0.3 is 5.69 Å². The van der Waals surface area contributed by atoms with Crippen molar-refractivity contribution >= 4 is 38.4 Å². The molecule has 1 amide bonds. The van der Waals surface area contributed by atoms with Crippen molar-refractivity contribution in [3.05, 3.63) is 39.0 Å². The van der Waals surface area contributed by atoms with E-state index in [9.17, 15) is 14.9 Å². The van der Waals surface area contributed by atoms with E-state index in [2.05, 4.69) is 20.9 Å². The van der Waals surface area contributed by atoms with Crippen LogP contribution in [0.5, 0.6) is 5.75 Å². The predicted octanol–water partition coefficient (Wildman–Crippen LogP) is 1.77. The summed E-state index contributed by atoms with van der Waals surface area (Å²) < 4.78 is 5.87. The maximum Gasteiger partial charge on any atom is 0.329 e. The zero-order valence-corrected chi connectivity index (χ0v) is 11.1. The molecular weight excluding hydrogens is 318 g/mol. The number of hydrogen-bond donors (Lipinski definition) is 1. The van der Waals surface area contributed by atoms with Gasteiger partial charge in [0, 0.05) is 4.47 Å². The van der Waals surface area contributed by atoms with Crippen LogP contribution in [0.4, 0.5) is 5.69 Å². The molecule has 2 aromatic rings. The van der Waals surface area contributed by atoms with E-state index >= 15 is 0 Å². The van der Waals surface area contributed by atoms with Gasteiger partial charge in [0.05, 0.1) is 15.8 Å². The van der Waals surface area contributed by atoms with Gasteiger partial charge in [-0.3, -0.25) is 14.9 Å². The number of nitrogens with two attached hydrogens (primary N) is 1. The molecule has 2 N–H and O–H groups in total. The molecule has 0 saturated heterocycles. The molecule has 1 aromatic heterocycles. The molecule has 19 heavy (non-hydrogen) atoms. The maximum absolute atomic E-state index is 11.0. The second-order valence-electron chi connectivity index (χ2n) is 3.65. The molecule has 0 fully saturated rings. The molecule has 2 rings (SSSR count). The van der Waals surface area contributed by atoms with E-state index in [4.69, 9.17) is 10.5 Å². The monoisotopic (exact) mass is 325 g/mol. The van der Waals surface area contributed by atoms with E-state index in [1.165, 1.54) is 0 Å². The number of primary amides is 1. The van der Waals surface area contributed by atoms with Gasteiger partial charge in [-0.25, -0.2) is 4.98 Å². The van der Waals surface area contributed by atoms with Gasteiger partial charge in [0.2, 0.25) is 5.75 Å². The van der Waals surface area contributed by atoms with Gasteiger partial charge in [-0.2, -0.15) is 0 Å². The van der Waals surface area contributed by atoms with E-state index in [1.807, 2.05) is 0 Å². The molecule has 0 bridgehead atoms. The fourth-order valence-corrected chi connectivity index (χ4v) is 1.92. The Morgan fingerprint density at radius 1 is 1.53 bits per heavy atom. The summed E-state index contributed by atoms with van der Waals surface area (Å²) in [5.41, 5.74) is 5.19. The van der Waals surface area contributed by atoms with Gasteiger partial charge in [0.1, 0.15) is 6.20 Å². The minimum absolute atomic E-state index is 0.0184. The smallest absolute Gasteiger partial charge is 0.329 e. The van der Waals surface area contributed by atoms with Crippen molar-refractivity contribution < 1.29 is 14.5 Å². The quantitative estimate of drug-likeness (QED) is 0.680. The number of rotatable bonds is 4. The van der Waals surface area contributed by atoms with Crippen LogP contribution in [0.1, 0.15) is 0 Å². The predicted molar refractivity (Wildman–Crippen MR) is 70.8 cm³/mol. The number of fused-ring (bicyclic) bond motifs is 1. The highest BCUT2D eigenvalue weighted by atomic mass is 79.9. The van der Waals surface area contributed by atoms with E-state index in [0.717, 1.165) is 6.20 Å². The number of pyridine rings is 1. The standard InChI is InChI=1S/C11H8BrN3O4/c12-6-1-2-8-7(3-6)11(19-5-10(13)16)9(4-14-8)15(17)18/h1-4H,5H2,(H2,13,16). The molecule has 0 aliphatic rings. The average molecular weight is 326 g/mol. The van der Waals surface area contributed by atoms with Crippen molar-refractivity contribution in [2.45, 2.75) is 0 Å². The number of ether oxygens (including phenoxy) is 1. The lowest BCUT2D eigenvalue weighted by atomic mass is 10.2. The molecule has 1 aromatic carbocycles. The Labute approximate surface area is 115 Å². The van der Waals surface area contributed by atoms with Gasteiger partial charge in [-0.1, -0.05) is 15.9 Å². The SMILES string of the molecule is NC(=O)COc1c([N+](=O)[O-])cnc2ccc(Br)cc12. The molecule has 8 heteroatoms. The molecule has 0 spiro atoms. The first-order valence-corrected chi connectivity index (χ1v) is 5.92. The fraction of sp³-hybridized carbons (Fsp3) is 0.0909. The number of halogens is 1. The van der Waals surface area contributed by atoms with Crippen molar-refractivity contribution in [2.75, 3.05) is 6.61 Å². The van der Waals surface area contributed by atoms with Crippen LogP contribution in [0.15, 0.2) is 28.9 Å². The lowest BCUT2D eigenvalue weighted by Crippen LogP contribution is -2.20. The first-order chi connectivity index (χ1) is 8.99. The van der Waals surface area contributed by atoms with Gasteiger partial charge in [-0.05, 0) is 18.2 Å². The summed E-state index contributed by atoms with van der Waals surface area (Å²) in [5, 5.41) is 11.4. The van der Waals surface area contributed by atoms with Crippen LogP contribution < -0.4 is 10.5 Å². The normalized spacial score (nSPS) is 10.4. The van der Waals surface area contributed by atoms with Crippen molar-refractivity contribution in [3.8, 4) is 5.75 Å². The van der Waals surface area contributed by atoms with Crippen LogP contribution in [0.3, 0.4) is 0 Å². The molecule has 1 heterocycles. The Morgan fingerprint density at radius 3 is 2.89 bits per heavy atom. The van der Waals surface area contributed by atoms with Crippen LogP contribution in [-0.4, -0.2) is 22.4 Å². The van der Waals surface area contributed by atoms with Crippen molar-refractivity contribution in [1.82, 2.24) is 4.98 Å². The Hall–Kier alpha value is -2.22. The van der Waals surface area contributed by atoms with Crippen LogP contribution >= 0.6 is 15.9 Å². The van der Waals surface area contributed by atoms with Gasteiger partial charge < -0.3 is 10.5 Å².